The Bertz CT molecular complexity index is 1830. The molecule has 5 rings (SSSR count). The molecular formula is C39H39Cl4N3O. The number of benzene rings is 4. The molecule has 1 unspecified atom stereocenters. The Hall–Kier alpha value is -3.27. The number of hydrogen-bond acceptors (Lipinski definition) is 3. The van der Waals surface area contributed by atoms with Gasteiger partial charge in [-0.15, -0.1) is 0 Å². The van der Waals surface area contributed by atoms with Crippen LogP contribution in [0.3, 0.4) is 0 Å². The van der Waals surface area contributed by atoms with Crippen LogP contribution in [-0.4, -0.2) is 28.0 Å². The molecule has 4 nitrogen and oxygen atoms in total. The maximum Gasteiger partial charge on any atom is 0.102 e. The molecule has 0 amide bonds. The van der Waals surface area contributed by atoms with E-state index in [4.69, 9.17) is 51.1 Å². The van der Waals surface area contributed by atoms with Crippen LogP contribution >= 0.6 is 46.4 Å². The highest BCUT2D eigenvalue weighted by atomic mass is 35.5. The van der Waals surface area contributed by atoms with Crippen molar-refractivity contribution >= 4 is 57.2 Å². The highest BCUT2D eigenvalue weighted by Gasteiger charge is 2.18. The maximum absolute atomic E-state index is 6.37. The second-order valence-electron chi connectivity index (χ2n) is 12.2. The number of likely N-dealkylation sites (N-methyl/N-ethyl adjacent to an activating group) is 1. The van der Waals surface area contributed by atoms with E-state index in [2.05, 4.69) is 98.1 Å². The lowest BCUT2D eigenvalue weighted by Crippen LogP contribution is -2.17. The van der Waals surface area contributed by atoms with E-state index >= 15 is 0 Å². The smallest absolute Gasteiger partial charge is 0.102 e. The van der Waals surface area contributed by atoms with Gasteiger partial charge in [0.25, 0.3) is 0 Å². The molecule has 47 heavy (non-hydrogen) atoms. The van der Waals surface area contributed by atoms with Crippen molar-refractivity contribution in [2.75, 3.05) is 13.6 Å². The molecule has 0 spiro atoms. The molecule has 1 heterocycles. The molecule has 0 fully saturated rings. The van der Waals surface area contributed by atoms with Crippen LogP contribution in [0, 0.1) is 17.3 Å². The number of nitrogens with zero attached hydrogens (tertiary/aromatic N) is 3. The highest BCUT2D eigenvalue weighted by Crippen LogP contribution is 2.31. The molecule has 1 aromatic heterocycles. The Morgan fingerprint density at radius 3 is 2.32 bits per heavy atom. The molecule has 5 aromatic rings. The number of halogens is 4. The SMILES string of the molecule is CN(C/C=C/C#CC(C)(C)C)Cc1cccc2ccccc12.Clc1ccc(COC(Cn2ccnc2)c2ccc(Cl)cc2Cl)c(Cl)c1. The summed E-state index contributed by atoms with van der Waals surface area (Å²) < 4.78 is 8.05. The van der Waals surface area contributed by atoms with E-state index in [1.807, 2.05) is 29.0 Å². The van der Waals surface area contributed by atoms with Crippen molar-refractivity contribution in [3.05, 3.63) is 147 Å². The van der Waals surface area contributed by atoms with Crippen molar-refractivity contribution < 1.29 is 4.74 Å². The second kappa shape index (κ2) is 17.8. The third-order valence-electron chi connectivity index (χ3n) is 7.09. The van der Waals surface area contributed by atoms with E-state index in [0.29, 0.717) is 33.2 Å². The van der Waals surface area contributed by atoms with Crippen LogP contribution in [0.4, 0.5) is 0 Å². The Labute approximate surface area is 298 Å². The van der Waals surface area contributed by atoms with Gasteiger partial charge in [-0.3, -0.25) is 4.90 Å². The number of fused-ring (bicyclic) bond motifs is 1. The van der Waals surface area contributed by atoms with Crippen LogP contribution in [0.15, 0.2) is 110 Å². The minimum Gasteiger partial charge on any atom is -0.367 e. The van der Waals surface area contributed by atoms with E-state index in [9.17, 15) is 0 Å². The molecule has 1 atom stereocenters. The summed E-state index contributed by atoms with van der Waals surface area (Å²) in [4.78, 5) is 6.37. The molecule has 0 radical (unpaired) electrons. The molecule has 0 bridgehead atoms. The van der Waals surface area contributed by atoms with E-state index in [1.54, 1.807) is 36.8 Å². The van der Waals surface area contributed by atoms with Crippen molar-refractivity contribution in [1.82, 2.24) is 14.5 Å². The Balaban J connectivity index is 0.000000215. The van der Waals surface area contributed by atoms with Crippen molar-refractivity contribution in [3.8, 4) is 11.8 Å². The fourth-order valence-corrected chi connectivity index (χ4v) is 5.75. The fourth-order valence-electron chi connectivity index (χ4n) is 4.75. The predicted octanol–water partition coefficient (Wildman–Crippen LogP) is 11.3. The van der Waals surface area contributed by atoms with Crippen molar-refractivity contribution in [3.63, 3.8) is 0 Å². The first-order chi connectivity index (χ1) is 22.5. The van der Waals surface area contributed by atoms with Gasteiger partial charge in [0.1, 0.15) is 6.10 Å². The number of allylic oxidation sites excluding steroid dienone is 1. The summed E-state index contributed by atoms with van der Waals surface area (Å²) in [5, 5.41) is 4.93. The number of hydrogen-bond donors (Lipinski definition) is 0. The van der Waals surface area contributed by atoms with Gasteiger partial charge in [-0.25, -0.2) is 4.98 Å². The van der Waals surface area contributed by atoms with E-state index < -0.39 is 0 Å². The summed E-state index contributed by atoms with van der Waals surface area (Å²) in [5.74, 6) is 6.33. The first kappa shape index (κ1) is 36.6. The summed E-state index contributed by atoms with van der Waals surface area (Å²) >= 11 is 24.5. The summed E-state index contributed by atoms with van der Waals surface area (Å²) in [6.45, 7) is 9.11. The van der Waals surface area contributed by atoms with Crippen LogP contribution in [-0.2, 0) is 24.4 Å². The summed E-state index contributed by atoms with van der Waals surface area (Å²) in [7, 11) is 2.14. The zero-order valence-electron chi connectivity index (χ0n) is 27.1. The first-order valence-corrected chi connectivity index (χ1v) is 16.8. The molecule has 0 aliphatic carbocycles. The zero-order chi connectivity index (χ0) is 33.8. The van der Waals surface area contributed by atoms with E-state index in [-0.39, 0.29) is 11.5 Å². The standard InChI is InChI=1S/C21H25N.C18H14Cl4N2O/c1-21(2,3)15-8-5-9-16-22(4)17-19-13-10-12-18-11-6-7-14-20(18)19;19-13-2-1-12(16(21)7-13)10-25-18(9-24-6-5-23-11-24)15-4-3-14(20)8-17(15)22/h5-7,9-14H,16-17H2,1-4H3;1-8,11,18H,9-10H2/b9-5+;. The fraction of sp³-hybridized carbons (Fsp3) is 0.256. The zero-order valence-corrected chi connectivity index (χ0v) is 30.1. The Morgan fingerprint density at radius 2 is 1.62 bits per heavy atom. The Morgan fingerprint density at radius 1 is 0.894 bits per heavy atom. The van der Waals surface area contributed by atoms with Crippen LogP contribution in [0.2, 0.25) is 20.1 Å². The molecule has 0 N–H and O–H groups in total. The summed E-state index contributed by atoms with van der Waals surface area (Å²) in [6, 6.07) is 25.8. The molecular weight excluding hydrogens is 668 g/mol. The van der Waals surface area contributed by atoms with Gasteiger partial charge < -0.3 is 9.30 Å². The van der Waals surface area contributed by atoms with Crippen molar-refractivity contribution in [2.24, 2.45) is 5.41 Å². The van der Waals surface area contributed by atoms with Crippen LogP contribution in [0.25, 0.3) is 10.8 Å². The summed E-state index contributed by atoms with van der Waals surface area (Å²) in [6.07, 6.45) is 9.13. The van der Waals surface area contributed by atoms with Crippen LogP contribution in [0.5, 0.6) is 0 Å². The van der Waals surface area contributed by atoms with E-state index in [1.165, 1.54) is 16.3 Å². The third kappa shape index (κ3) is 12.0. The minimum atomic E-state index is -0.286. The van der Waals surface area contributed by atoms with Crippen molar-refractivity contribution in [1.29, 1.82) is 0 Å². The van der Waals surface area contributed by atoms with Gasteiger partial charge in [-0.1, -0.05) is 119 Å². The maximum atomic E-state index is 6.37. The molecule has 0 aliphatic rings. The molecule has 0 aliphatic heterocycles. The largest absolute Gasteiger partial charge is 0.367 e. The first-order valence-electron chi connectivity index (χ1n) is 15.3. The van der Waals surface area contributed by atoms with Crippen LogP contribution in [0.1, 0.15) is 43.6 Å². The van der Waals surface area contributed by atoms with Gasteiger partial charge in [0.05, 0.1) is 19.5 Å². The topological polar surface area (TPSA) is 30.3 Å². The molecule has 0 saturated heterocycles. The summed E-state index contributed by atoms with van der Waals surface area (Å²) in [5.41, 5.74) is 3.14. The monoisotopic (exact) mass is 705 g/mol. The normalized spacial score (nSPS) is 12.1. The lowest BCUT2D eigenvalue weighted by Gasteiger charge is -2.21. The van der Waals surface area contributed by atoms with Crippen molar-refractivity contribution in [2.45, 2.75) is 46.6 Å². The number of imidazole rings is 1. The van der Waals surface area contributed by atoms with Gasteiger partial charge in [-0.05, 0) is 80.1 Å². The predicted molar refractivity (Wildman–Crippen MR) is 199 cm³/mol. The minimum absolute atomic E-state index is 0.0686. The lowest BCUT2D eigenvalue weighted by atomic mass is 9.98. The Kier molecular flexibility index (Phi) is 13.8. The number of rotatable bonds is 10. The second-order valence-corrected chi connectivity index (χ2v) is 13.9. The lowest BCUT2D eigenvalue weighted by molar-refractivity contribution is 0.0281. The quantitative estimate of drug-likeness (QED) is 0.135. The molecule has 244 valence electrons. The van der Waals surface area contributed by atoms with Gasteiger partial charge in [0.2, 0.25) is 0 Å². The molecule has 8 heteroatoms. The van der Waals surface area contributed by atoms with Gasteiger partial charge in [0, 0.05) is 56.6 Å². The number of ether oxygens (including phenoxy) is 1. The van der Waals surface area contributed by atoms with Gasteiger partial charge in [0.15, 0.2) is 0 Å². The third-order valence-corrected chi connectivity index (χ3v) is 8.24. The van der Waals surface area contributed by atoms with E-state index in [0.717, 1.165) is 24.2 Å². The molecule has 0 saturated carbocycles. The average molecular weight is 708 g/mol. The van der Waals surface area contributed by atoms with Gasteiger partial charge in [-0.2, -0.15) is 0 Å². The van der Waals surface area contributed by atoms with Crippen LogP contribution < -0.4 is 0 Å². The molecule has 4 aromatic carbocycles. The van der Waals surface area contributed by atoms with Gasteiger partial charge >= 0.3 is 0 Å². The average Bonchev–Trinajstić information content (AvgIpc) is 3.53. The number of aromatic nitrogens is 2. The highest BCUT2D eigenvalue weighted by molar-refractivity contribution is 6.35.